The van der Waals surface area contributed by atoms with Crippen molar-refractivity contribution < 1.29 is 4.79 Å². The van der Waals surface area contributed by atoms with Crippen LogP contribution in [0.1, 0.15) is 28.9 Å². The summed E-state index contributed by atoms with van der Waals surface area (Å²) in [6.45, 7) is 2.15. The average Bonchev–Trinajstić information content (AvgIpc) is 2.46. The molecule has 0 aliphatic rings. The molecule has 0 aliphatic carbocycles. The van der Waals surface area contributed by atoms with Crippen LogP contribution in [0.4, 0.5) is 0 Å². The van der Waals surface area contributed by atoms with Crippen LogP contribution in [0.3, 0.4) is 0 Å². The maximum Gasteiger partial charge on any atom is 0.250 e. The number of primary amides is 1. The molecule has 0 aliphatic heterocycles. The van der Waals surface area contributed by atoms with Gasteiger partial charge in [-0.05, 0) is 55.9 Å². The normalized spacial score (nSPS) is 12.4. The maximum absolute atomic E-state index is 11.4. The van der Waals surface area contributed by atoms with Gasteiger partial charge in [-0.3, -0.25) is 4.79 Å². The van der Waals surface area contributed by atoms with E-state index < -0.39 is 5.91 Å². The summed E-state index contributed by atoms with van der Waals surface area (Å²) in [7, 11) is 4.09. The fourth-order valence-electron chi connectivity index (χ4n) is 2.17. The van der Waals surface area contributed by atoms with Gasteiger partial charge in [0.15, 0.2) is 0 Å². The lowest BCUT2D eigenvalue weighted by Gasteiger charge is -2.20. The molecule has 0 unspecified atom stereocenters. The molecule has 1 atom stereocenters. The summed E-state index contributed by atoms with van der Waals surface area (Å²) < 4.78 is 0. The van der Waals surface area contributed by atoms with Crippen molar-refractivity contribution in [1.82, 2.24) is 4.90 Å². The molecule has 4 heteroatoms. The van der Waals surface area contributed by atoms with Crippen molar-refractivity contribution in [3.05, 3.63) is 58.6 Å². The van der Waals surface area contributed by atoms with E-state index in [1.807, 2.05) is 32.3 Å². The van der Waals surface area contributed by atoms with Gasteiger partial charge in [-0.25, -0.2) is 0 Å². The van der Waals surface area contributed by atoms with E-state index in [-0.39, 0.29) is 0 Å². The third-order valence-corrected chi connectivity index (χ3v) is 4.04. The van der Waals surface area contributed by atoms with Crippen molar-refractivity contribution in [1.29, 1.82) is 0 Å². The van der Waals surface area contributed by atoms with E-state index in [2.05, 4.69) is 24.0 Å². The monoisotopic (exact) mass is 302 g/mol. The SMILES string of the molecule is C[C@@H](c1cccc(-c2ccc(Cl)c(C(N)=O)c2)c1)N(C)C. The van der Waals surface area contributed by atoms with E-state index in [1.165, 1.54) is 5.56 Å². The number of nitrogens with two attached hydrogens (primary N) is 1. The van der Waals surface area contributed by atoms with E-state index >= 15 is 0 Å². The van der Waals surface area contributed by atoms with Gasteiger partial charge in [0.2, 0.25) is 5.91 Å². The first-order valence-electron chi connectivity index (χ1n) is 6.76. The van der Waals surface area contributed by atoms with Crippen LogP contribution in [0, 0.1) is 0 Å². The zero-order valence-electron chi connectivity index (χ0n) is 12.4. The fourth-order valence-corrected chi connectivity index (χ4v) is 2.38. The Morgan fingerprint density at radius 2 is 1.81 bits per heavy atom. The predicted octanol–water partition coefficient (Wildman–Crippen LogP) is 3.73. The summed E-state index contributed by atoms with van der Waals surface area (Å²) in [5.74, 6) is -0.514. The topological polar surface area (TPSA) is 46.3 Å². The Morgan fingerprint density at radius 1 is 1.14 bits per heavy atom. The van der Waals surface area contributed by atoms with Crippen LogP contribution < -0.4 is 5.73 Å². The summed E-state index contributed by atoms with van der Waals surface area (Å²) in [5.41, 5.74) is 8.89. The number of hydrogen-bond donors (Lipinski definition) is 1. The van der Waals surface area contributed by atoms with Gasteiger partial charge in [-0.15, -0.1) is 0 Å². The van der Waals surface area contributed by atoms with Crippen LogP contribution in [0.2, 0.25) is 5.02 Å². The number of carbonyl (C=O) groups excluding carboxylic acids is 1. The lowest BCUT2D eigenvalue weighted by atomic mass is 9.98. The van der Waals surface area contributed by atoms with Crippen LogP contribution in [-0.4, -0.2) is 24.9 Å². The number of halogens is 1. The van der Waals surface area contributed by atoms with E-state index in [0.29, 0.717) is 16.6 Å². The largest absolute Gasteiger partial charge is 0.366 e. The summed E-state index contributed by atoms with van der Waals surface area (Å²) >= 11 is 5.99. The Hall–Kier alpha value is -1.84. The lowest BCUT2D eigenvalue weighted by molar-refractivity contribution is 0.100. The average molecular weight is 303 g/mol. The molecule has 21 heavy (non-hydrogen) atoms. The Balaban J connectivity index is 2.45. The highest BCUT2D eigenvalue weighted by molar-refractivity contribution is 6.33. The summed E-state index contributed by atoms with van der Waals surface area (Å²) in [6.07, 6.45) is 0. The van der Waals surface area contributed by atoms with Gasteiger partial charge in [0, 0.05) is 6.04 Å². The Bertz CT molecular complexity index is 668. The molecule has 0 aromatic heterocycles. The molecule has 2 aromatic rings. The van der Waals surface area contributed by atoms with Gasteiger partial charge >= 0.3 is 0 Å². The zero-order valence-corrected chi connectivity index (χ0v) is 13.2. The van der Waals surface area contributed by atoms with Crippen molar-refractivity contribution >= 4 is 17.5 Å². The molecule has 0 fully saturated rings. The number of hydrogen-bond acceptors (Lipinski definition) is 2. The van der Waals surface area contributed by atoms with E-state index in [1.54, 1.807) is 12.1 Å². The Kier molecular flexibility index (Phi) is 4.66. The standard InChI is InChI=1S/C17H19ClN2O/c1-11(20(2)3)12-5-4-6-13(9-12)14-7-8-16(18)15(10-14)17(19)21/h4-11H,1-3H3,(H2,19,21)/t11-/m0/s1. The van der Waals surface area contributed by atoms with Crippen LogP contribution >= 0.6 is 11.6 Å². The summed E-state index contributed by atoms with van der Waals surface area (Å²) in [6, 6.07) is 13.9. The molecule has 3 nitrogen and oxygen atoms in total. The molecule has 0 radical (unpaired) electrons. The van der Waals surface area contributed by atoms with Crippen molar-refractivity contribution in [3.63, 3.8) is 0 Å². The third-order valence-electron chi connectivity index (χ3n) is 3.71. The molecule has 0 saturated carbocycles. The molecule has 2 rings (SSSR count). The number of nitrogens with zero attached hydrogens (tertiary/aromatic N) is 1. The molecular formula is C17H19ClN2O. The molecule has 0 bridgehead atoms. The lowest BCUT2D eigenvalue weighted by Crippen LogP contribution is -2.16. The fraction of sp³-hybridized carbons (Fsp3) is 0.235. The highest BCUT2D eigenvalue weighted by atomic mass is 35.5. The summed E-state index contributed by atoms with van der Waals surface area (Å²) in [5, 5.41) is 0.379. The van der Waals surface area contributed by atoms with Gasteiger partial charge in [0.1, 0.15) is 0 Å². The predicted molar refractivity (Wildman–Crippen MR) is 87.5 cm³/mol. The second-order valence-electron chi connectivity index (χ2n) is 5.32. The van der Waals surface area contributed by atoms with E-state index in [4.69, 9.17) is 17.3 Å². The number of carbonyl (C=O) groups is 1. The molecule has 0 spiro atoms. The van der Waals surface area contributed by atoms with E-state index in [0.717, 1.165) is 11.1 Å². The second-order valence-corrected chi connectivity index (χ2v) is 5.73. The van der Waals surface area contributed by atoms with Crippen LogP contribution in [0.5, 0.6) is 0 Å². The van der Waals surface area contributed by atoms with Crippen LogP contribution in [0.15, 0.2) is 42.5 Å². The molecule has 1 amide bonds. The molecular weight excluding hydrogens is 284 g/mol. The van der Waals surface area contributed by atoms with Gasteiger partial charge in [0.05, 0.1) is 10.6 Å². The molecule has 2 N–H and O–H groups in total. The molecule has 110 valence electrons. The number of benzene rings is 2. The smallest absolute Gasteiger partial charge is 0.250 e. The van der Waals surface area contributed by atoms with Crippen molar-refractivity contribution in [3.8, 4) is 11.1 Å². The molecule has 0 saturated heterocycles. The van der Waals surface area contributed by atoms with Crippen LogP contribution in [-0.2, 0) is 0 Å². The zero-order chi connectivity index (χ0) is 15.6. The first-order chi connectivity index (χ1) is 9.90. The van der Waals surface area contributed by atoms with Gasteiger partial charge in [0.25, 0.3) is 0 Å². The quantitative estimate of drug-likeness (QED) is 0.935. The first-order valence-corrected chi connectivity index (χ1v) is 7.14. The van der Waals surface area contributed by atoms with Gasteiger partial charge < -0.3 is 10.6 Å². The summed E-state index contributed by atoms with van der Waals surface area (Å²) in [4.78, 5) is 13.5. The van der Waals surface area contributed by atoms with Crippen LogP contribution in [0.25, 0.3) is 11.1 Å². The highest BCUT2D eigenvalue weighted by Gasteiger charge is 2.11. The minimum absolute atomic E-state index is 0.313. The van der Waals surface area contributed by atoms with E-state index in [9.17, 15) is 4.79 Å². The maximum atomic E-state index is 11.4. The molecule has 2 aromatic carbocycles. The minimum Gasteiger partial charge on any atom is -0.366 e. The van der Waals surface area contributed by atoms with Crippen molar-refractivity contribution in [2.24, 2.45) is 5.73 Å². The second kappa shape index (κ2) is 6.29. The van der Waals surface area contributed by atoms with Crippen molar-refractivity contribution in [2.45, 2.75) is 13.0 Å². The van der Waals surface area contributed by atoms with Crippen molar-refractivity contribution in [2.75, 3.05) is 14.1 Å². The number of amides is 1. The minimum atomic E-state index is -0.514. The Labute approximate surface area is 130 Å². The first kappa shape index (κ1) is 15.5. The molecule has 0 heterocycles. The van der Waals surface area contributed by atoms with Gasteiger partial charge in [-0.1, -0.05) is 35.9 Å². The number of rotatable bonds is 4. The Morgan fingerprint density at radius 3 is 2.43 bits per heavy atom. The third kappa shape index (κ3) is 3.43. The highest BCUT2D eigenvalue weighted by Crippen LogP contribution is 2.28. The van der Waals surface area contributed by atoms with Gasteiger partial charge in [-0.2, -0.15) is 0 Å².